The Kier molecular flexibility index (Phi) is 5.08. The van der Waals surface area contributed by atoms with Crippen LogP contribution in [0.5, 0.6) is 5.75 Å². The number of nitrogens with zero attached hydrogens (tertiary/aromatic N) is 4. The van der Waals surface area contributed by atoms with E-state index in [0.29, 0.717) is 6.54 Å². The summed E-state index contributed by atoms with van der Waals surface area (Å²) >= 11 is 0. The maximum absolute atomic E-state index is 13.1. The second kappa shape index (κ2) is 7.27. The molecule has 1 aliphatic rings. The van der Waals surface area contributed by atoms with Gasteiger partial charge in [-0.3, -0.25) is 9.69 Å². The van der Waals surface area contributed by atoms with Gasteiger partial charge >= 0.3 is 0 Å². The molecule has 0 N–H and O–H groups in total. The predicted molar refractivity (Wildman–Crippen MR) is 96.4 cm³/mol. The van der Waals surface area contributed by atoms with Crippen LogP contribution >= 0.6 is 0 Å². The molecule has 0 spiro atoms. The molecular formula is C19H26N4O2. The zero-order chi connectivity index (χ0) is 17.9. The first-order chi connectivity index (χ1) is 12.1. The van der Waals surface area contributed by atoms with Crippen LogP contribution in [0.25, 0.3) is 0 Å². The van der Waals surface area contributed by atoms with Gasteiger partial charge in [0.15, 0.2) is 0 Å². The predicted octanol–water partition coefficient (Wildman–Crippen LogP) is 1.97. The van der Waals surface area contributed by atoms with Gasteiger partial charge in [-0.05, 0) is 25.5 Å². The highest BCUT2D eigenvalue weighted by Crippen LogP contribution is 2.32. The van der Waals surface area contributed by atoms with Gasteiger partial charge in [0.1, 0.15) is 11.3 Å². The lowest BCUT2D eigenvalue weighted by Gasteiger charge is -2.43. The molecule has 1 aromatic heterocycles. The number of likely N-dealkylation sites (tertiary alicyclic amines) is 1. The molecule has 2 aromatic rings. The number of rotatable bonds is 5. The Morgan fingerprint density at radius 2 is 2.16 bits per heavy atom. The summed E-state index contributed by atoms with van der Waals surface area (Å²) < 4.78 is 7.46. The Morgan fingerprint density at radius 1 is 1.36 bits per heavy atom. The molecule has 1 saturated heterocycles. The van der Waals surface area contributed by atoms with Crippen molar-refractivity contribution in [2.45, 2.75) is 24.9 Å². The van der Waals surface area contributed by atoms with E-state index in [1.165, 1.54) is 0 Å². The van der Waals surface area contributed by atoms with Crippen molar-refractivity contribution in [2.24, 2.45) is 0 Å². The summed E-state index contributed by atoms with van der Waals surface area (Å²) in [5.41, 5.74) is 0.545. The summed E-state index contributed by atoms with van der Waals surface area (Å²) in [7, 11) is 5.33. The van der Waals surface area contributed by atoms with E-state index in [1.54, 1.807) is 24.5 Å². The Labute approximate surface area is 149 Å². The number of imidazole rings is 1. The minimum Gasteiger partial charge on any atom is -0.496 e. The fourth-order valence-corrected chi connectivity index (χ4v) is 3.76. The molecule has 6 heteroatoms. The zero-order valence-electron chi connectivity index (χ0n) is 15.2. The highest BCUT2D eigenvalue weighted by molar-refractivity contribution is 5.84. The number of para-hydroxylation sites is 1. The number of ether oxygens (including phenoxy) is 1. The molecule has 134 valence electrons. The molecule has 2 heterocycles. The van der Waals surface area contributed by atoms with Crippen molar-refractivity contribution in [2.75, 3.05) is 34.3 Å². The highest BCUT2D eigenvalue weighted by Gasteiger charge is 2.44. The van der Waals surface area contributed by atoms with Crippen molar-refractivity contribution in [3.8, 4) is 5.75 Å². The molecule has 6 nitrogen and oxygen atoms in total. The van der Waals surface area contributed by atoms with Gasteiger partial charge in [0.25, 0.3) is 0 Å². The molecular weight excluding hydrogens is 316 g/mol. The van der Waals surface area contributed by atoms with Crippen LogP contribution in [0.15, 0.2) is 43.0 Å². The van der Waals surface area contributed by atoms with Crippen LogP contribution < -0.4 is 4.74 Å². The smallest absolute Gasteiger partial charge is 0.249 e. The quantitative estimate of drug-likeness (QED) is 0.834. The van der Waals surface area contributed by atoms with Gasteiger partial charge in [-0.25, -0.2) is 4.98 Å². The molecule has 0 bridgehead atoms. The van der Waals surface area contributed by atoms with Crippen LogP contribution in [0.4, 0.5) is 0 Å². The minimum atomic E-state index is -0.597. The minimum absolute atomic E-state index is 0.121. The number of hydrogen-bond acceptors (Lipinski definition) is 4. The van der Waals surface area contributed by atoms with Crippen molar-refractivity contribution in [3.05, 3.63) is 48.5 Å². The second-order valence-electron chi connectivity index (χ2n) is 6.83. The number of carbonyl (C=O) groups is 1. The number of aromatic nitrogens is 2. The van der Waals surface area contributed by atoms with Gasteiger partial charge in [0.05, 0.1) is 13.4 Å². The maximum atomic E-state index is 13.1. The third-order valence-electron chi connectivity index (χ3n) is 4.94. The average Bonchev–Trinajstić information content (AvgIpc) is 3.17. The normalized spacial score (nSPS) is 21.1. The summed E-state index contributed by atoms with van der Waals surface area (Å²) in [6.45, 7) is 2.40. The monoisotopic (exact) mass is 342 g/mol. The lowest BCUT2D eigenvalue weighted by atomic mass is 9.86. The fourth-order valence-electron chi connectivity index (χ4n) is 3.76. The second-order valence-corrected chi connectivity index (χ2v) is 6.83. The fraction of sp³-hybridized carbons (Fsp3) is 0.474. The number of benzene rings is 1. The number of methoxy groups -OCH3 is 1. The van der Waals surface area contributed by atoms with E-state index >= 15 is 0 Å². The molecule has 1 aromatic carbocycles. The Morgan fingerprint density at radius 3 is 2.84 bits per heavy atom. The third kappa shape index (κ3) is 3.39. The lowest BCUT2D eigenvalue weighted by molar-refractivity contribution is -0.141. The first kappa shape index (κ1) is 17.5. The lowest BCUT2D eigenvalue weighted by Crippen LogP contribution is -2.57. The van der Waals surface area contributed by atoms with Crippen LogP contribution in [0.3, 0.4) is 0 Å². The third-order valence-corrected chi connectivity index (χ3v) is 4.94. The van der Waals surface area contributed by atoms with Crippen molar-refractivity contribution in [3.63, 3.8) is 0 Å². The number of hydrogen-bond donors (Lipinski definition) is 0. The van der Waals surface area contributed by atoms with Gasteiger partial charge < -0.3 is 14.2 Å². The van der Waals surface area contributed by atoms with E-state index in [0.717, 1.165) is 37.2 Å². The molecule has 1 fully saturated rings. The average molecular weight is 342 g/mol. The summed E-state index contributed by atoms with van der Waals surface area (Å²) in [4.78, 5) is 21.3. The van der Waals surface area contributed by atoms with Crippen LogP contribution in [-0.2, 0) is 16.9 Å². The summed E-state index contributed by atoms with van der Waals surface area (Å²) in [6, 6.07) is 8.06. The number of amides is 1. The van der Waals surface area contributed by atoms with E-state index in [2.05, 4.69) is 16.0 Å². The highest BCUT2D eigenvalue weighted by atomic mass is 16.5. The van der Waals surface area contributed by atoms with Crippen LogP contribution in [-0.4, -0.2) is 59.6 Å². The van der Waals surface area contributed by atoms with Crippen molar-refractivity contribution >= 4 is 5.91 Å². The molecule has 1 amide bonds. The topological polar surface area (TPSA) is 50.6 Å². The Hall–Kier alpha value is -2.34. The Bertz CT molecular complexity index is 714. The largest absolute Gasteiger partial charge is 0.496 e. The standard InChI is InChI=1S/C19H26N4O2/c1-21(2)18(24)19(23-12-10-20-15-23)9-6-11-22(14-19)13-16-7-4-5-8-17(16)25-3/h4-5,7-8,10,12,15H,6,9,11,13-14H2,1-3H3. The summed E-state index contributed by atoms with van der Waals surface area (Å²) in [6.07, 6.45) is 7.18. The van der Waals surface area contributed by atoms with Gasteiger partial charge in [-0.1, -0.05) is 18.2 Å². The van der Waals surface area contributed by atoms with Crippen molar-refractivity contribution < 1.29 is 9.53 Å². The SMILES string of the molecule is COc1ccccc1CN1CCCC(C(=O)N(C)C)(n2ccnc2)C1. The molecule has 0 radical (unpaired) electrons. The molecule has 0 saturated carbocycles. The molecule has 1 aliphatic heterocycles. The molecule has 0 aliphatic carbocycles. The molecule has 3 rings (SSSR count). The van der Waals surface area contributed by atoms with Gasteiger partial charge in [-0.15, -0.1) is 0 Å². The summed E-state index contributed by atoms with van der Waals surface area (Å²) in [5.74, 6) is 1.01. The number of piperidine rings is 1. The van der Waals surface area contributed by atoms with Crippen LogP contribution in [0, 0.1) is 0 Å². The molecule has 1 atom stereocenters. The first-order valence-electron chi connectivity index (χ1n) is 8.61. The van der Waals surface area contributed by atoms with E-state index in [9.17, 15) is 4.79 Å². The number of likely N-dealkylation sites (N-methyl/N-ethyl adjacent to an activating group) is 1. The maximum Gasteiger partial charge on any atom is 0.249 e. The van der Waals surface area contributed by atoms with Crippen molar-refractivity contribution in [1.29, 1.82) is 0 Å². The number of carbonyl (C=O) groups excluding carboxylic acids is 1. The first-order valence-corrected chi connectivity index (χ1v) is 8.61. The van der Waals surface area contributed by atoms with Crippen molar-refractivity contribution in [1.82, 2.24) is 19.4 Å². The van der Waals surface area contributed by atoms with Gasteiger partial charge in [-0.2, -0.15) is 0 Å². The zero-order valence-corrected chi connectivity index (χ0v) is 15.2. The molecule has 1 unspecified atom stereocenters. The summed E-state index contributed by atoms with van der Waals surface area (Å²) in [5, 5.41) is 0. The van der Waals surface area contributed by atoms with E-state index in [1.807, 2.05) is 43.1 Å². The van der Waals surface area contributed by atoms with E-state index in [4.69, 9.17) is 4.74 Å². The van der Waals surface area contributed by atoms with E-state index < -0.39 is 5.54 Å². The Balaban J connectivity index is 1.88. The van der Waals surface area contributed by atoms with Crippen LogP contribution in [0.1, 0.15) is 18.4 Å². The van der Waals surface area contributed by atoms with Crippen LogP contribution in [0.2, 0.25) is 0 Å². The molecule has 25 heavy (non-hydrogen) atoms. The van der Waals surface area contributed by atoms with E-state index in [-0.39, 0.29) is 5.91 Å². The van der Waals surface area contributed by atoms with Gasteiger partial charge in [0, 0.05) is 45.1 Å². The van der Waals surface area contributed by atoms with Gasteiger partial charge in [0.2, 0.25) is 5.91 Å².